The molecule has 0 N–H and O–H groups in total. The maximum Gasteiger partial charge on any atom is 0.128 e. The Morgan fingerprint density at radius 3 is 2.81 bits per heavy atom. The van der Waals surface area contributed by atoms with E-state index in [1.165, 1.54) is 5.56 Å². The van der Waals surface area contributed by atoms with Gasteiger partial charge in [0.25, 0.3) is 0 Å². The van der Waals surface area contributed by atoms with Crippen molar-refractivity contribution in [2.45, 2.75) is 26.4 Å². The average molecular weight is 373 g/mol. The van der Waals surface area contributed by atoms with Gasteiger partial charge in [0.2, 0.25) is 0 Å². The van der Waals surface area contributed by atoms with Crippen molar-refractivity contribution in [3.05, 3.63) is 58.1 Å². The lowest BCUT2D eigenvalue weighted by Crippen LogP contribution is -2.31. The molecule has 1 aliphatic rings. The molecule has 4 nitrogen and oxygen atoms in total. The van der Waals surface area contributed by atoms with Gasteiger partial charge in [0, 0.05) is 35.4 Å². The summed E-state index contributed by atoms with van der Waals surface area (Å²) in [5, 5.41) is 0.691. The fraction of sp³-hybridized carbons (Fsp3) is 0.381. The number of anilines is 1. The molecule has 0 amide bonds. The van der Waals surface area contributed by atoms with Gasteiger partial charge in [0.05, 0.1) is 19.6 Å². The minimum Gasteiger partial charge on any atom is -0.496 e. The van der Waals surface area contributed by atoms with Crippen LogP contribution in [0, 0.1) is 0 Å². The Bertz CT molecular complexity index is 820. The number of benzene rings is 2. The Morgan fingerprint density at radius 2 is 2.12 bits per heavy atom. The van der Waals surface area contributed by atoms with Crippen LogP contribution in [0.2, 0.25) is 5.02 Å². The first-order valence-corrected chi connectivity index (χ1v) is 9.26. The number of fused-ring (bicyclic) bond motifs is 1. The summed E-state index contributed by atoms with van der Waals surface area (Å²) < 4.78 is 12.1. The van der Waals surface area contributed by atoms with Crippen LogP contribution in [0.15, 0.2) is 41.4 Å². The monoisotopic (exact) mass is 372 g/mol. The first kappa shape index (κ1) is 18.7. The highest BCUT2D eigenvalue weighted by Gasteiger charge is 2.28. The van der Waals surface area contributed by atoms with Crippen LogP contribution in [0.5, 0.6) is 5.75 Å². The second-order valence-corrected chi connectivity index (χ2v) is 6.71. The zero-order valence-electron chi connectivity index (χ0n) is 15.8. The summed E-state index contributed by atoms with van der Waals surface area (Å²) in [4.78, 5) is 6.55. The number of methoxy groups -OCH3 is 1. The van der Waals surface area contributed by atoms with E-state index in [1.54, 1.807) is 7.11 Å². The van der Waals surface area contributed by atoms with Crippen molar-refractivity contribution in [3.63, 3.8) is 0 Å². The number of amidine groups is 1. The first-order chi connectivity index (χ1) is 12.6. The Hall–Kier alpha value is -2.04. The summed E-state index contributed by atoms with van der Waals surface area (Å²) >= 11 is 6.34. The normalized spacial score (nSPS) is 17.7. The third-order valence-electron chi connectivity index (χ3n) is 4.87. The standard InChI is InChI=1S/C21H25ClN2O2/c1-5-15-7-6-8-17(20(15)25-4)21-18-13-16(22)9-10-19(18)24(11-12-26-21)14(2)23-3/h6-10,13,21H,5,11-12H2,1-4H3. The van der Waals surface area contributed by atoms with Gasteiger partial charge < -0.3 is 14.4 Å². The van der Waals surface area contributed by atoms with Crippen LogP contribution in [0.1, 0.15) is 36.6 Å². The highest BCUT2D eigenvalue weighted by atomic mass is 35.5. The number of aliphatic imine (C=N–C) groups is 1. The maximum atomic E-state index is 6.34. The van der Waals surface area contributed by atoms with E-state index in [-0.39, 0.29) is 6.10 Å². The van der Waals surface area contributed by atoms with E-state index in [9.17, 15) is 0 Å². The number of hydrogen-bond donors (Lipinski definition) is 0. The number of aryl methyl sites for hydroxylation is 1. The lowest BCUT2D eigenvalue weighted by molar-refractivity contribution is 0.0894. The van der Waals surface area contributed by atoms with Gasteiger partial charge in [0.1, 0.15) is 11.9 Å². The second-order valence-electron chi connectivity index (χ2n) is 6.27. The molecule has 1 heterocycles. The molecular formula is C21H25ClN2O2. The van der Waals surface area contributed by atoms with Crippen molar-refractivity contribution < 1.29 is 9.47 Å². The van der Waals surface area contributed by atoms with Crippen LogP contribution < -0.4 is 9.64 Å². The molecule has 0 saturated carbocycles. The van der Waals surface area contributed by atoms with Crippen molar-refractivity contribution in [2.24, 2.45) is 4.99 Å². The largest absolute Gasteiger partial charge is 0.496 e. The van der Waals surface area contributed by atoms with Crippen LogP contribution in [0.25, 0.3) is 0 Å². The molecule has 26 heavy (non-hydrogen) atoms. The van der Waals surface area contributed by atoms with E-state index in [0.29, 0.717) is 11.6 Å². The summed E-state index contributed by atoms with van der Waals surface area (Å²) in [5.74, 6) is 1.84. The molecular weight excluding hydrogens is 348 g/mol. The zero-order valence-corrected chi connectivity index (χ0v) is 16.5. The molecule has 1 atom stereocenters. The summed E-state index contributed by atoms with van der Waals surface area (Å²) in [5.41, 5.74) is 4.31. The van der Waals surface area contributed by atoms with Gasteiger partial charge in [-0.2, -0.15) is 0 Å². The number of halogens is 1. The number of para-hydroxylation sites is 1. The van der Waals surface area contributed by atoms with E-state index >= 15 is 0 Å². The highest BCUT2D eigenvalue weighted by Crippen LogP contribution is 2.41. The number of rotatable bonds is 3. The van der Waals surface area contributed by atoms with Gasteiger partial charge in [-0.3, -0.25) is 4.99 Å². The van der Waals surface area contributed by atoms with E-state index in [2.05, 4.69) is 35.0 Å². The second kappa shape index (κ2) is 8.11. The molecule has 1 unspecified atom stereocenters. The molecule has 5 heteroatoms. The Morgan fingerprint density at radius 1 is 1.31 bits per heavy atom. The first-order valence-electron chi connectivity index (χ1n) is 8.88. The van der Waals surface area contributed by atoms with Gasteiger partial charge in [-0.25, -0.2) is 0 Å². The van der Waals surface area contributed by atoms with E-state index in [4.69, 9.17) is 21.1 Å². The predicted octanol–water partition coefficient (Wildman–Crippen LogP) is 4.89. The average Bonchev–Trinajstić information content (AvgIpc) is 2.85. The summed E-state index contributed by atoms with van der Waals surface area (Å²) in [7, 11) is 3.52. The van der Waals surface area contributed by atoms with Gasteiger partial charge >= 0.3 is 0 Å². The molecule has 0 spiro atoms. The maximum absolute atomic E-state index is 6.34. The number of ether oxygens (including phenoxy) is 2. The number of hydrogen-bond acceptors (Lipinski definition) is 3. The van der Waals surface area contributed by atoms with Crippen molar-refractivity contribution in [1.82, 2.24) is 0 Å². The third kappa shape index (κ3) is 3.44. The fourth-order valence-corrected chi connectivity index (χ4v) is 3.69. The van der Waals surface area contributed by atoms with Crippen molar-refractivity contribution in [2.75, 3.05) is 32.2 Å². The lowest BCUT2D eigenvalue weighted by Gasteiger charge is -2.25. The molecule has 0 aliphatic carbocycles. The van der Waals surface area contributed by atoms with Crippen molar-refractivity contribution in [1.29, 1.82) is 0 Å². The van der Waals surface area contributed by atoms with E-state index in [0.717, 1.165) is 41.4 Å². The van der Waals surface area contributed by atoms with Crippen LogP contribution in [0.4, 0.5) is 5.69 Å². The van der Waals surface area contributed by atoms with Crippen LogP contribution in [0.3, 0.4) is 0 Å². The molecule has 2 aromatic carbocycles. The smallest absolute Gasteiger partial charge is 0.128 e. The van der Waals surface area contributed by atoms with Crippen molar-refractivity contribution in [3.8, 4) is 5.75 Å². The SMILES string of the molecule is CCc1cccc(C2OCCN(C(C)=NC)c3ccc(Cl)cc32)c1OC. The molecule has 0 fully saturated rings. The topological polar surface area (TPSA) is 34.1 Å². The Labute approximate surface area is 160 Å². The summed E-state index contributed by atoms with van der Waals surface area (Å²) in [6.45, 7) is 5.47. The van der Waals surface area contributed by atoms with Gasteiger partial charge in [0.15, 0.2) is 0 Å². The molecule has 3 rings (SSSR count). The fourth-order valence-electron chi connectivity index (χ4n) is 3.51. The minimum atomic E-state index is -0.236. The Balaban J connectivity index is 2.19. The molecule has 0 bridgehead atoms. The quantitative estimate of drug-likeness (QED) is 0.568. The zero-order chi connectivity index (χ0) is 18.7. The van der Waals surface area contributed by atoms with Crippen LogP contribution in [-0.4, -0.2) is 33.1 Å². The predicted molar refractivity (Wildman–Crippen MR) is 108 cm³/mol. The molecule has 138 valence electrons. The molecule has 0 saturated heterocycles. The third-order valence-corrected chi connectivity index (χ3v) is 5.11. The van der Waals surface area contributed by atoms with Crippen LogP contribution in [-0.2, 0) is 11.2 Å². The minimum absolute atomic E-state index is 0.236. The summed E-state index contributed by atoms with van der Waals surface area (Å²) in [6, 6.07) is 12.2. The van der Waals surface area contributed by atoms with Gasteiger partial charge in [-0.15, -0.1) is 0 Å². The Kier molecular flexibility index (Phi) is 5.84. The van der Waals surface area contributed by atoms with E-state index in [1.807, 2.05) is 32.2 Å². The molecule has 0 radical (unpaired) electrons. The van der Waals surface area contributed by atoms with Gasteiger partial charge in [-0.05, 0) is 37.1 Å². The highest BCUT2D eigenvalue weighted by molar-refractivity contribution is 6.30. The molecule has 1 aliphatic heterocycles. The number of nitrogens with zero attached hydrogens (tertiary/aromatic N) is 2. The van der Waals surface area contributed by atoms with Crippen molar-refractivity contribution >= 4 is 23.1 Å². The molecule has 0 aromatic heterocycles. The summed E-state index contributed by atoms with van der Waals surface area (Å²) in [6.07, 6.45) is 0.666. The molecule has 2 aromatic rings. The van der Waals surface area contributed by atoms with Crippen LogP contribution >= 0.6 is 11.6 Å². The lowest BCUT2D eigenvalue weighted by atomic mass is 9.96. The van der Waals surface area contributed by atoms with E-state index < -0.39 is 0 Å². The van der Waals surface area contributed by atoms with Gasteiger partial charge in [-0.1, -0.05) is 36.7 Å².